The van der Waals surface area contributed by atoms with Crippen LogP contribution in [-0.2, 0) is 6.42 Å². The number of nitrogens with one attached hydrogen (secondary N) is 2. The van der Waals surface area contributed by atoms with Gasteiger partial charge in [-0.05, 0) is 32.0 Å². The molecule has 1 aromatic carbocycles. The zero-order valence-corrected chi connectivity index (χ0v) is 16.8. The molecule has 6 heteroatoms. The first-order valence-corrected chi connectivity index (χ1v) is 9.85. The maximum Gasteiger partial charge on any atom is 0.141 e. The summed E-state index contributed by atoms with van der Waals surface area (Å²) in [5.74, 6) is 1.45. The summed E-state index contributed by atoms with van der Waals surface area (Å²) in [5.41, 5.74) is 2.83. The number of nitrogens with zero attached hydrogens (tertiary/aromatic N) is 1. The Morgan fingerprint density at radius 3 is 2.38 bits per heavy atom. The Bertz CT molecular complexity index is 673. The fraction of sp³-hybridized carbons (Fsp3) is 0.550. The number of aromatic amines is 1. The van der Waals surface area contributed by atoms with Crippen LogP contribution in [0, 0.1) is 0 Å². The van der Waals surface area contributed by atoms with Gasteiger partial charge in [-0.25, -0.2) is 0 Å². The fourth-order valence-corrected chi connectivity index (χ4v) is 2.73. The van der Waals surface area contributed by atoms with Gasteiger partial charge in [0.1, 0.15) is 11.5 Å². The summed E-state index contributed by atoms with van der Waals surface area (Å²) in [4.78, 5) is 0. The zero-order chi connectivity index (χ0) is 18.8. The number of rotatable bonds is 12. The van der Waals surface area contributed by atoms with E-state index < -0.39 is 0 Å². The summed E-state index contributed by atoms with van der Waals surface area (Å²) in [6.07, 6.45) is 5.04. The van der Waals surface area contributed by atoms with Crippen molar-refractivity contribution in [3.05, 3.63) is 28.9 Å². The van der Waals surface area contributed by atoms with E-state index in [9.17, 15) is 0 Å². The van der Waals surface area contributed by atoms with E-state index in [1.54, 1.807) is 0 Å². The van der Waals surface area contributed by atoms with E-state index in [-0.39, 0.29) is 0 Å². The maximum atomic E-state index is 6.46. The number of benzene rings is 1. The van der Waals surface area contributed by atoms with E-state index in [4.69, 9.17) is 21.1 Å². The number of hydrogen-bond donors (Lipinski definition) is 2. The number of hydrogen-bond acceptors (Lipinski definition) is 4. The minimum Gasteiger partial charge on any atom is -0.493 e. The predicted molar refractivity (Wildman–Crippen MR) is 107 cm³/mol. The van der Waals surface area contributed by atoms with Gasteiger partial charge in [0.2, 0.25) is 0 Å². The highest BCUT2D eigenvalue weighted by molar-refractivity contribution is 6.32. The summed E-state index contributed by atoms with van der Waals surface area (Å²) >= 11 is 6.46. The molecule has 0 aliphatic rings. The van der Waals surface area contributed by atoms with Gasteiger partial charge in [-0.1, -0.05) is 38.3 Å². The Kier molecular flexibility index (Phi) is 8.78. The Morgan fingerprint density at radius 2 is 1.73 bits per heavy atom. The quantitative estimate of drug-likeness (QED) is 0.517. The van der Waals surface area contributed by atoms with E-state index >= 15 is 0 Å². The first-order valence-electron chi connectivity index (χ1n) is 9.48. The molecule has 5 nitrogen and oxygen atoms in total. The lowest BCUT2D eigenvalue weighted by molar-refractivity contribution is 0.295. The molecule has 2 aromatic rings. The average molecular weight is 380 g/mol. The van der Waals surface area contributed by atoms with Crippen molar-refractivity contribution in [1.82, 2.24) is 15.5 Å². The summed E-state index contributed by atoms with van der Waals surface area (Å²) in [7, 11) is 1.93. The standard InChI is InChI=1S/C20H30ClN3O2/c1-4-6-10-25-19-14-20(26-11-7-5-2)17(21)13-16(19)18-12-15(23-24-18)8-9-22-3/h12-14,22H,4-11H2,1-3H3,(H,23,24). The molecule has 0 spiro atoms. The molecule has 0 saturated carbocycles. The van der Waals surface area contributed by atoms with E-state index in [1.807, 2.05) is 25.2 Å². The van der Waals surface area contributed by atoms with Crippen LogP contribution in [0.2, 0.25) is 5.02 Å². The molecule has 0 aliphatic heterocycles. The molecule has 26 heavy (non-hydrogen) atoms. The van der Waals surface area contributed by atoms with Gasteiger partial charge in [0, 0.05) is 24.6 Å². The van der Waals surface area contributed by atoms with Crippen LogP contribution in [-0.4, -0.2) is 37.0 Å². The van der Waals surface area contributed by atoms with Crippen LogP contribution in [0.5, 0.6) is 11.5 Å². The van der Waals surface area contributed by atoms with Crippen molar-refractivity contribution in [2.24, 2.45) is 0 Å². The van der Waals surface area contributed by atoms with Gasteiger partial charge >= 0.3 is 0 Å². The lowest BCUT2D eigenvalue weighted by Gasteiger charge is -2.14. The van der Waals surface area contributed by atoms with Crippen LogP contribution < -0.4 is 14.8 Å². The van der Waals surface area contributed by atoms with Crippen molar-refractivity contribution < 1.29 is 9.47 Å². The topological polar surface area (TPSA) is 59.2 Å². The SMILES string of the molecule is CCCCOc1cc(OCCCC)c(-c2cc(CCNC)n[nH]2)cc1Cl. The van der Waals surface area contributed by atoms with Gasteiger partial charge < -0.3 is 14.8 Å². The molecular weight excluding hydrogens is 350 g/mol. The Morgan fingerprint density at radius 1 is 1.04 bits per heavy atom. The van der Waals surface area contributed by atoms with Gasteiger partial charge in [-0.15, -0.1) is 0 Å². The van der Waals surface area contributed by atoms with Gasteiger partial charge in [-0.3, -0.25) is 5.10 Å². The number of aromatic nitrogens is 2. The van der Waals surface area contributed by atoms with Crippen LogP contribution in [0.4, 0.5) is 0 Å². The van der Waals surface area contributed by atoms with Crippen LogP contribution in [0.3, 0.4) is 0 Å². The Hall–Kier alpha value is -1.72. The van der Waals surface area contributed by atoms with Gasteiger partial charge in [0.25, 0.3) is 0 Å². The number of unbranched alkanes of at least 4 members (excludes halogenated alkanes) is 2. The largest absolute Gasteiger partial charge is 0.493 e. The van der Waals surface area contributed by atoms with Gasteiger partial charge in [0.15, 0.2) is 0 Å². The lowest BCUT2D eigenvalue weighted by atomic mass is 10.1. The van der Waals surface area contributed by atoms with Crippen LogP contribution in [0.25, 0.3) is 11.3 Å². The molecule has 2 rings (SSSR count). The third-order valence-electron chi connectivity index (χ3n) is 4.10. The third kappa shape index (κ3) is 5.92. The van der Waals surface area contributed by atoms with E-state index in [2.05, 4.69) is 29.4 Å². The van der Waals surface area contributed by atoms with Gasteiger partial charge in [-0.2, -0.15) is 5.10 Å². The second-order valence-electron chi connectivity index (χ2n) is 6.31. The molecule has 0 aliphatic carbocycles. The highest BCUT2D eigenvalue weighted by Crippen LogP contribution is 2.38. The molecule has 0 atom stereocenters. The van der Waals surface area contributed by atoms with Gasteiger partial charge in [0.05, 0.1) is 29.6 Å². The summed E-state index contributed by atoms with van der Waals surface area (Å²) in [6.45, 7) is 6.49. The van der Waals surface area contributed by atoms with Crippen molar-refractivity contribution in [2.75, 3.05) is 26.8 Å². The maximum absolute atomic E-state index is 6.46. The minimum absolute atomic E-state index is 0.588. The molecule has 0 unspecified atom stereocenters. The zero-order valence-electron chi connectivity index (χ0n) is 16.0. The van der Waals surface area contributed by atoms with E-state index in [0.29, 0.717) is 24.0 Å². The first kappa shape index (κ1) is 20.6. The molecule has 0 fully saturated rings. The molecule has 0 saturated heterocycles. The third-order valence-corrected chi connectivity index (χ3v) is 4.39. The average Bonchev–Trinajstić information content (AvgIpc) is 3.11. The highest BCUT2D eigenvalue weighted by Gasteiger charge is 2.15. The number of ether oxygens (including phenoxy) is 2. The smallest absolute Gasteiger partial charge is 0.141 e. The van der Waals surface area contributed by atoms with Crippen molar-refractivity contribution in [2.45, 2.75) is 46.0 Å². The Labute approximate surface area is 161 Å². The molecule has 1 heterocycles. The van der Waals surface area contributed by atoms with E-state index in [0.717, 1.165) is 61.3 Å². The monoisotopic (exact) mass is 379 g/mol. The minimum atomic E-state index is 0.588. The number of likely N-dealkylation sites (N-methyl/N-ethyl adjacent to an activating group) is 1. The normalized spacial score (nSPS) is 10.9. The lowest BCUT2D eigenvalue weighted by Crippen LogP contribution is -2.10. The van der Waals surface area contributed by atoms with Crippen molar-refractivity contribution in [1.29, 1.82) is 0 Å². The molecule has 0 radical (unpaired) electrons. The van der Waals surface area contributed by atoms with Crippen LogP contribution >= 0.6 is 11.6 Å². The molecule has 2 N–H and O–H groups in total. The molecule has 0 bridgehead atoms. The van der Waals surface area contributed by atoms with Crippen LogP contribution in [0.15, 0.2) is 18.2 Å². The second-order valence-corrected chi connectivity index (χ2v) is 6.72. The molecule has 1 aromatic heterocycles. The molecule has 144 valence electrons. The molecular formula is C20H30ClN3O2. The second kappa shape index (κ2) is 11.1. The number of halogens is 1. The predicted octanol–water partition coefficient (Wildman–Crippen LogP) is 4.85. The fourth-order valence-electron chi connectivity index (χ4n) is 2.51. The Balaban J connectivity index is 2.26. The van der Waals surface area contributed by atoms with Crippen LogP contribution in [0.1, 0.15) is 45.2 Å². The summed E-state index contributed by atoms with van der Waals surface area (Å²) < 4.78 is 11.9. The van der Waals surface area contributed by atoms with Crippen molar-refractivity contribution in [3.63, 3.8) is 0 Å². The van der Waals surface area contributed by atoms with E-state index in [1.165, 1.54) is 0 Å². The summed E-state index contributed by atoms with van der Waals surface area (Å²) in [5, 5.41) is 11.2. The molecule has 0 amide bonds. The van der Waals surface area contributed by atoms with Crippen molar-refractivity contribution in [3.8, 4) is 22.8 Å². The first-order chi connectivity index (χ1) is 12.7. The van der Waals surface area contributed by atoms with Crippen molar-refractivity contribution >= 4 is 11.6 Å². The summed E-state index contributed by atoms with van der Waals surface area (Å²) in [6, 6.07) is 5.85. The highest BCUT2D eigenvalue weighted by atomic mass is 35.5. The number of H-pyrrole nitrogens is 1.